The van der Waals surface area contributed by atoms with E-state index >= 15 is 0 Å². The Morgan fingerprint density at radius 2 is 1.41 bits per heavy atom. The first-order chi connectivity index (χ1) is 27.1. The summed E-state index contributed by atoms with van der Waals surface area (Å²) in [5, 5.41) is 10.6. The summed E-state index contributed by atoms with van der Waals surface area (Å²) in [7, 11) is 1.38. The van der Waals surface area contributed by atoms with E-state index in [4.69, 9.17) is 27.9 Å². The lowest BCUT2D eigenvalue weighted by atomic mass is 9.71. The van der Waals surface area contributed by atoms with E-state index in [9.17, 15) is 19.2 Å². The smallest absolute Gasteiger partial charge is 0.409 e. The monoisotopic (exact) mass is 799 g/mol. The van der Waals surface area contributed by atoms with Crippen molar-refractivity contribution in [1.82, 2.24) is 20.0 Å². The summed E-state index contributed by atoms with van der Waals surface area (Å²) in [5.74, 6) is -1.68. The van der Waals surface area contributed by atoms with Crippen LogP contribution >= 0.6 is 23.2 Å². The number of amides is 3. The summed E-state index contributed by atoms with van der Waals surface area (Å²) in [6.45, 7) is 4.58. The number of carbonyl (C=O) groups excluding carboxylic acids is 4. The lowest BCUT2D eigenvalue weighted by Crippen LogP contribution is -2.61. The zero-order valence-corrected chi connectivity index (χ0v) is 33.9. The number of hydrogen-bond acceptors (Lipinski definition) is 6. The highest BCUT2D eigenvalue weighted by Gasteiger charge is 2.51. The number of ether oxygens (including phenoxy) is 1. The van der Waals surface area contributed by atoms with Crippen molar-refractivity contribution < 1.29 is 23.9 Å². The number of piperidine rings is 1. The van der Waals surface area contributed by atoms with Gasteiger partial charge in [-0.15, -0.1) is 0 Å². The van der Waals surface area contributed by atoms with Crippen LogP contribution in [0.4, 0.5) is 10.5 Å². The van der Waals surface area contributed by atoms with Crippen LogP contribution < -0.4 is 10.6 Å². The highest BCUT2D eigenvalue weighted by atomic mass is 35.5. The van der Waals surface area contributed by atoms with Crippen LogP contribution in [0.2, 0.25) is 10.0 Å². The van der Waals surface area contributed by atoms with E-state index in [-0.39, 0.29) is 45.2 Å². The lowest BCUT2D eigenvalue weighted by molar-refractivity contribution is 0.0270. The minimum atomic E-state index is -0.797. The van der Waals surface area contributed by atoms with Gasteiger partial charge in [-0.3, -0.25) is 14.4 Å². The van der Waals surface area contributed by atoms with E-state index in [0.717, 1.165) is 46.2 Å². The Labute approximate surface area is 339 Å². The molecule has 0 spiro atoms. The number of carbonyl (C=O) groups is 4. The van der Waals surface area contributed by atoms with Gasteiger partial charge in [-0.1, -0.05) is 136 Å². The number of halogens is 2. The maximum atomic E-state index is 14.2. The quantitative estimate of drug-likeness (QED) is 0.115. The first kappa shape index (κ1) is 41.0. The Balaban J connectivity index is 1.23. The maximum absolute atomic E-state index is 14.2. The first-order valence-electron chi connectivity index (χ1n) is 19.8. The fourth-order valence-corrected chi connectivity index (χ4v) is 9.07. The number of fused-ring (bicyclic) bond motifs is 3. The number of methoxy groups -OCH3 is 1. The van der Waals surface area contributed by atoms with Crippen LogP contribution in [-0.4, -0.2) is 63.7 Å². The summed E-state index contributed by atoms with van der Waals surface area (Å²) in [4.78, 5) is 56.4. The molecule has 1 aliphatic heterocycles. The molecule has 2 aliphatic rings. The van der Waals surface area contributed by atoms with Crippen LogP contribution in [-0.2, 0) is 4.74 Å². The van der Waals surface area contributed by atoms with Crippen molar-refractivity contribution in [2.75, 3.05) is 19.0 Å². The number of benzene rings is 3. The van der Waals surface area contributed by atoms with E-state index < -0.39 is 29.5 Å². The van der Waals surface area contributed by atoms with Gasteiger partial charge in [0.2, 0.25) is 5.91 Å². The minimum absolute atomic E-state index is 0.0408. The third-order valence-electron chi connectivity index (χ3n) is 11.3. The third kappa shape index (κ3) is 8.82. The second kappa shape index (κ2) is 18.5. The van der Waals surface area contributed by atoms with Crippen LogP contribution in [0.3, 0.4) is 0 Å². The van der Waals surface area contributed by atoms with E-state index in [1.807, 2.05) is 31.2 Å². The van der Waals surface area contributed by atoms with Crippen LogP contribution in [0.15, 0.2) is 72.9 Å². The predicted octanol–water partition coefficient (Wildman–Crippen LogP) is 10.5. The average molecular weight is 801 g/mol. The van der Waals surface area contributed by atoms with Crippen LogP contribution in [0.25, 0.3) is 11.1 Å². The summed E-state index contributed by atoms with van der Waals surface area (Å²) in [5.41, 5.74) is 3.61. The van der Waals surface area contributed by atoms with Gasteiger partial charge in [-0.2, -0.15) is 5.10 Å². The van der Waals surface area contributed by atoms with Crippen molar-refractivity contribution in [2.24, 2.45) is 0 Å². The van der Waals surface area contributed by atoms with E-state index in [1.165, 1.54) is 45.4 Å². The van der Waals surface area contributed by atoms with Crippen molar-refractivity contribution in [3.05, 3.63) is 105 Å². The molecule has 0 saturated carbocycles. The molecule has 10 nitrogen and oxygen atoms in total. The number of likely N-dealkylation sites (tertiary alicyclic amines) is 1. The van der Waals surface area contributed by atoms with Gasteiger partial charge in [0.15, 0.2) is 5.69 Å². The fraction of sp³-hybridized carbons (Fsp3) is 0.432. The maximum Gasteiger partial charge on any atom is 0.409 e. The highest BCUT2D eigenvalue weighted by Crippen LogP contribution is 2.53. The molecular formula is C44H51Cl2N5O5. The molecule has 296 valence electrons. The van der Waals surface area contributed by atoms with Gasteiger partial charge in [0.1, 0.15) is 0 Å². The van der Waals surface area contributed by atoms with Crippen LogP contribution in [0.1, 0.15) is 134 Å². The summed E-state index contributed by atoms with van der Waals surface area (Å²) in [6, 6.07) is 20.8. The molecule has 2 unspecified atom stereocenters. The number of aromatic nitrogens is 2. The molecule has 3 amide bonds. The normalized spacial score (nSPS) is 17.6. The Kier molecular flexibility index (Phi) is 13.5. The molecule has 1 fully saturated rings. The number of nitrogens with zero attached hydrogens (tertiary/aromatic N) is 3. The third-order valence-corrected chi connectivity index (χ3v) is 11.9. The Morgan fingerprint density at radius 3 is 2.02 bits per heavy atom. The molecule has 56 heavy (non-hydrogen) atoms. The second-order valence-corrected chi connectivity index (χ2v) is 15.9. The van der Waals surface area contributed by atoms with Crippen molar-refractivity contribution in [2.45, 2.75) is 108 Å². The predicted molar refractivity (Wildman–Crippen MR) is 221 cm³/mol. The van der Waals surface area contributed by atoms with Crippen LogP contribution in [0.5, 0.6) is 0 Å². The minimum Gasteiger partial charge on any atom is -0.453 e. The molecule has 0 bridgehead atoms. The largest absolute Gasteiger partial charge is 0.453 e. The number of hydrogen-bond donors (Lipinski definition) is 2. The van der Waals surface area contributed by atoms with E-state index in [1.54, 1.807) is 23.1 Å². The molecule has 1 saturated heterocycles. The zero-order valence-electron chi connectivity index (χ0n) is 32.4. The Hall–Kier alpha value is -4.67. The van der Waals surface area contributed by atoms with E-state index in [2.05, 4.69) is 46.9 Å². The SMILES string of the molecule is CCCCCCCCCCCC(=O)n1cc(NC(=O)c2c(Cl)cccc2Cl)c(C(=O)NC2CCN(C(=O)OC)C(C)(C3c4ccccc4-c4ccccc43)C2)n1. The molecule has 1 aliphatic carbocycles. The molecular weight excluding hydrogens is 749 g/mol. The van der Waals surface area contributed by atoms with Gasteiger partial charge in [0, 0.05) is 24.9 Å². The fourth-order valence-electron chi connectivity index (χ4n) is 8.50. The second-order valence-electron chi connectivity index (χ2n) is 15.1. The molecule has 12 heteroatoms. The number of anilines is 1. The molecule has 1 aromatic heterocycles. The summed E-state index contributed by atoms with van der Waals surface area (Å²) >= 11 is 12.7. The van der Waals surface area contributed by atoms with Crippen molar-refractivity contribution >= 4 is 52.7 Å². The zero-order chi connectivity index (χ0) is 39.8. The molecule has 0 radical (unpaired) electrons. The highest BCUT2D eigenvalue weighted by molar-refractivity contribution is 6.40. The van der Waals surface area contributed by atoms with Crippen LogP contribution in [0, 0.1) is 0 Å². The van der Waals surface area contributed by atoms with Crippen molar-refractivity contribution in [1.29, 1.82) is 0 Å². The van der Waals surface area contributed by atoms with Gasteiger partial charge in [0.05, 0.1) is 40.1 Å². The van der Waals surface area contributed by atoms with Gasteiger partial charge < -0.3 is 20.3 Å². The molecule has 2 N–H and O–H groups in total. The molecule has 3 aromatic carbocycles. The Bertz CT molecular complexity index is 2000. The number of nitrogens with one attached hydrogen (secondary N) is 2. The number of unbranched alkanes of at least 4 members (excludes halogenated alkanes) is 8. The summed E-state index contributed by atoms with van der Waals surface area (Å²) in [6.07, 6.45) is 12.0. The van der Waals surface area contributed by atoms with Gasteiger partial charge in [0.25, 0.3) is 11.8 Å². The molecule has 2 atom stereocenters. The first-order valence-corrected chi connectivity index (χ1v) is 20.6. The average Bonchev–Trinajstić information content (AvgIpc) is 3.77. The van der Waals surface area contributed by atoms with E-state index in [0.29, 0.717) is 25.8 Å². The lowest BCUT2D eigenvalue weighted by Gasteiger charge is -2.50. The standard InChI is InChI=1S/C44H51Cl2N5O5/c1-4-5-6-7-8-9-10-11-12-24-37(52)51-28-36(48-41(53)38-34(45)22-17-23-35(38)46)40(49-51)42(54)47-29-25-26-50(43(55)56-3)44(2,27-29)39-32-20-15-13-18-30(32)31-19-14-16-21-33(31)39/h13-23,28-29,39H,4-12,24-27H2,1-3H3,(H,47,54)(H,48,53). The van der Waals surface area contributed by atoms with Gasteiger partial charge in [-0.25, -0.2) is 9.48 Å². The Morgan fingerprint density at radius 1 is 0.821 bits per heavy atom. The van der Waals surface area contributed by atoms with Gasteiger partial charge in [-0.05, 0) is 60.6 Å². The van der Waals surface area contributed by atoms with Crippen molar-refractivity contribution in [3.8, 4) is 11.1 Å². The van der Waals surface area contributed by atoms with Gasteiger partial charge >= 0.3 is 6.09 Å². The molecule has 6 rings (SSSR count). The summed E-state index contributed by atoms with van der Waals surface area (Å²) < 4.78 is 6.44. The molecule has 2 heterocycles. The molecule has 4 aromatic rings. The topological polar surface area (TPSA) is 123 Å². The van der Waals surface area contributed by atoms with Crippen molar-refractivity contribution in [3.63, 3.8) is 0 Å². The number of rotatable bonds is 15.